The molecule has 5 rings (SSSR count). The van der Waals surface area contributed by atoms with Gasteiger partial charge in [0.25, 0.3) is 11.8 Å². The van der Waals surface area contributed by atoms with E-state index < -0.39 is 0 Å². The quantitative estimate of drug-likeness (QED) is 0.360. The number of para-hydroxylation sites is 1. The molecule has 1 heterocycles. The number of rotatable bonds is 3. The lowest BCUT2D eigenvalue weighted by Gasteiger charge is -2.23. The Bertz CT molecular complexity index is 1400. The Morgan fingerprint density at radius 1 is 0.794 bits per heavy atom. The Balaban J connectivity index is 1.40. The molecule has 0 unspecified atom stereocenters. The van der Waals surface area contributed by atoms with Crippen molar-refractivity contribution in [2.45, 2.75) is 30.2 Å². The third kappa shape index (κ3) is 4.22. The summed E-state index contributed by atoms with van der Waals surface area (Å²) < 4.78 is 0. The van der Waals surface area contributed by atoms with Crippen molar-refractivity contribution in [3.63, 3.8) is 0 Å². The van der Waals surface area contributed by atoms with Crippen LogP contribution in [0.15, 0.2) is 101 Å². The average molecular weight is 465 g/mol. The fourth-order valence-corrected chi connectivity index (χ4v) is 5.18. The summed E-state index contributed by atoms with van der Waals surface area (Å²) in [6.07, 6.45) is 0. The van der Waals surface area contributed by atoms with Gasteiger partial charge >= 0.3 is 0 Å². The predicted molar refractivity (Wildman–Crippen MR) is 138 cm³/mol. The van der Waals surface area contributed by atoms with Crippen LogP contribution in [0.3, 0.4) is 0 Å². The van der Waals surface area contributed by atoms with Gasteiger partial charge in [0.2, 0.25) is 0 Å². The first-order valence-electron chi connectivity index (χ1n) is 11.2. The number of anilines is 2. The van der Waals surface area contributed by atoms with Crippen LogP contribution in [0.1, 0.15) is 37.4 Å². The number of carbonyl (C=O) groups excluding carboxylic acids is 2. The molecule has 4 aromatic rings. The molecule has 0 aromatic heterocycles. The number of hydrogen-bond acceptors (Lipinski definition) is 3. The van der Waals surface area contributed by atoms with Crippen LogP contribution in [0.25, 0.3) is 0 Å². The maximum atomic E-state index is 13.6. The first-order valence-corrected chi connectivity index (χ1v) is 12.0. The molecule has 4 aromatic carbocycles. The Morgan fingerprint density at radius 2 is 1.50 bits per heavy atom. The number of nitrogens with one attached hydrogen (secondary N) is 1. The second kappa shape index (κ2) is 9.20. The molecule has 0 saturated carbocycles. The summed E-state index contributed by atoms with van der Waals surface area (Å²) in [4.78, 5) is 30.4. The zero-order valence-corrected chi connectivity index (χ0v) is 19.9. The van der Waals surface area contributed by atoms with Gasteiger partial charge in [-0.15, -0.1) is 0 Å². The van der Waals surface area contributed by atoms with Crippen molar-refractivity contribution in [3.8, 4) is 0 Å². The smallest absolute Gasteiger partial charge is 0.258 e. The molecule has 0 fully saturated rings. The molecular weight excluding hydrogens is 440 g/mol. The summed E-state index contributed by atoms with van der Waals surface area (Å²) in [5.41, 5.74) is 5.94. The highest BCUT2D eigenvalue weighted by atomic mass is 32.2. The fourth-order valence-electron chi connectivity index (χ4n) is 4.10. The van der Waals surface area contributed by atoms with Crippen LogP contribution in [-0.4, -0.2) is 11.8 Å². The number of amides is 2. The number of aryl methyl sites for hydroxylation is 1. The van der Waals surface area contributed by atoms with E-state index in [9.17, 15) is 9.59 Å². The van der Waals surface area contributed by atoms with Gasteiger partial charge in [0, 0.05) is 26.6 Å². The largest absolute Gasteiger partial charge is 0.322 e. The third-order valence-corrected chi connectivity index (χ3v) is 7.34. The normalized spacial score (nSPS) is 12.4. The van der Waals surface area contributed by atoms with Crippen molar-refractivity contribution in [2.75, 3.05) is 10.2 Å². The first-order chi connectivity index (χ1) is 16.5. The molecule has 34 heavy (non-hydrogen) atoms. The van der Waals surface area contributed by atoms with Crippen molar-refractivity contribution < 1.29 is 9.59 Å². The number of benzene rings is 4. The van der Waals surface area contributed by atoms with Crippen LogP contribution in [0.4, 0.5) is 11.4 Å². The second-order valence-electron chi connectivity index (χ2n) is 8.35. The minimum absolute atomic E-state index is 0.0721. The van der Waals surface area contributed by atoms with E-state index in [0.29, 0.717) is 23.4 Å². The lowest BCUT2D eigenvalue weighted by atomic mass is 10.0. The topological polar surface area (TPSA) is 49.4 Å². The van der Waals surface area contributed by atoms with Crippen molar-refractivity contribution in [2.24, 2.45) is 0 Å². The van der Waals surface area contributed by atoms with Gasteiger partial charge in [0.1, 0.15) is 0 Å². The first kappa shape index (κ1) is 22.0. The van der Waals surface area contributed by atoms with Gasteiger partial charge in [-0.25, -0.2) is 0 Å². The minimum atomic E-state index is -0.157. The van der Waals surface area contributed by atoms with E-state index in [0.717, 1.165) is 32.2 Å². The molecule has 1 aliphatic rings. The van der Waals surface area contributed by atoms with E-state index in [2.05, 4.69) is 17.4 Å². The lowest BCUT2D eigenvalue weighted by molar-refractivity contribution is 0.0983. The molecule has 0 saturated heterocycles. The number of carbonyl (C=O) groups is 2. The summed E-state index contributed by atoms with van der Waals surface area (Å²) in [6.45, 7) is 4.44. The van der Waals surface area contributed by atoms with Gasteiger partial charge in [-0.1, -0.05) is 54.2 Å². The van der Waals surface area contributed by atoms with Crippen molar-refractivity contribution in [1.29, 1.82) is 0 Å². The molecule has 5 heteroatoms. The second-order valence-corrected chi connectivity index (χ2v) is 9.43. The van der Waals surface area contributed by atoms with Crippen molar-refractivity contribution in [1.82, 2.24) is 0 Å². The zero-order valence-electron chi connectivity index (χ0n) is 19.0. The molecule has 4 nitrogen and oxygen atoms in total. The zero-order chi connectivity index (χ0) is 23.7. The van der Waals surface area contributed by atoms with Gasteiger partial charge < -0.3 is 10.2 Å². The van der Waals surface area contributed by atoms with Crippen molar-refractivity contribution >= 4 is 35.0 Å². The molecule has 2 amide bonds. The average Bonchev–Trinajstić information content (AvgIpc) is 3.02. The highest BCUT2D eigenvalue weighted by Gasteiger charge is 2.25. The van der Waals surface area contributed by atoms with Gasteiger partial charge in [-0.05, 0) is 79.1 Å². The van der Waals surface area contributed by atoms with Crippen LogP contribution >= 0.6 is 11.8 Å². The third-order valence-electron chi connectivity index (χ3n) is 6.16. The standard InChI is InChI=1S/C29H24N2O2S/c1-19-8-7-10-24(20(19)2)28(32)30-23-16-14-21(15-17-23)29(33)31-18-22-9-3-5-12-26(22)34-27-13-6-4-11-25(27)31/h3-17H,18H2,1-2H3,(H,30,32). The maximum Gasteiger partial charge on any atom is 0.258 e. The molecule has 0 bridgehead atoms. The van der Waals surface area contributed by atoms with E-state index in [4.69, 9.17) is 0 Å². The fraction of sp³-hybridized carbons (Fsp3) is 0.103. The van der Waals surface area contributed by atoms with Gasteiger partial charge in [-0.2, -0.15) is 0 Å². The van der Waals surface area contributed by atoms with Crippen LogP contribution in [0.5, 0.6) is 0 Å². The van der Waals surface area contributed by atoms with Gasteiger partial charge in [0.05, 0.1) is 12.2 Å². The monoisotopic (exact) mass is 464 g/mol. The molecule has 0 atom stereocenters. The summed E-state index contributed by atoms with van der Waals surface area (Å²) in [5.74, 6) is -0.229. The minimum Gasteiger partial charge on any atom is -0.322 e. The highest BCUT2D eigenvalue weighted by Crippen LogP contribution is 2.41. The summed E-state index contributed by atoms with van der Waals surface area (Å²) in [7, 11) is 0. The molecule has 168 valence electrons. The molecule has 0 radical (unpaired) electrons. The Hall–Kier alpha value is -3.83. The maximum absolute atomic E-state index is 13.6. The predicted octanol–water partition coefficient (Wildman–Crippen LogP) is 6.87. The van der Waals surface area contributed by atoms with E-state index in [-0.39, 0.29) is 11.8 Å². The summed E-state index contributed by atoms with van der Waals surface area (Å²) in [5, 5.41) is 2.94. The molecule has 1 aliphatic heterocycles. The molecular formula is C29H24N2O2S. The van der Waals surface area contributed by atoms with E-state index >= 15 is 0 Å². The summed E-state index contributed by atoms with van der Waals surface area (Å²) in [6, 6.07) is 29.0. The Morgan fingerprint density at radius 3 is 2.29 bits per heavy atom. The Kier molecular flexibility index (Phi) is 5.95. The van der Waals surface area contributed by atoms with E-state index in [1.54, 1.807) is 36.0 Å². The van der Waals surface area contributed by atoms with Gasteiger partial charge in [0.15, 0.2) is 0 Å². The highest BCUT2D eigenvalue weighted by molar-refractivity contribution is 7.99. The molecule has 0 spiro atoms. The SMILES string of the molecule is Cc1cccc(C(=O)Nc2ccc(C(=O)N3Cc4ccccc4Sc4ccccc43)cc2)c1C. The molecule has 0 aliphatic carbocycles. The lowest BCUT2D eigenvalue weighted by Crippen LogP contribution is -2.30. The van der Waals surface area contributed by atoms with Crippen LogP contribution < -0.4 is 10.2 Å². The van der Waals surface area contributed by atoms with Crippen LogP contribution in [0, 0.1) is 13.8 Å². The van der Waals surface area contributed by atoms with Crippen LogP contribution in [-0.2, 0) is 6.54 Å². The number of fused-ring (bicyclic) bond motifs is 2. The molecule has 1 N–H and O–H groups in total. The van der Waals surface area contributed by atoms with Crippen LogP contribution in [0.2, 0.25) is 0 Å². The van der Waals surface area contributed by atoms with E-state index in [1.807, 2.05) is 73.3 Å². The Labute approximate surface area is 203 Å². The van der Waals surface area contributed by atoms with Gasteiger partial charge in [-0.3, -0.25) is 9.59 Å². The summed E-state index contributed by atoms with van der Waals surface area (Å²) >= 11 is 1.69. The number of nitrogens with zero attached hydrogens (tertiary/aromatic N) is 1. The van der Waals surface area contributed by atoms with Crippen molar-refractivity contribution in [3.05, 3.63) is 119 Å². The number of hydrogen-bond donors (Lipinski definition) is 1. The van der Waals surface area contributed by atoms with E-state index in [1.165, 1.54) is 0 Å².